The third kappa shape index (κ3) is 4.62. The van der Waals surface area contributed by atoms with Gasteiger partial charge in [-0.15, -0.1) is 0 Å². The summed E-state index contributed by atoms with van der Waals surface area (Å²) in [5.41, 5.74) is 0. The Kier molecular flexibility index (Phi) is 4.62. The molecule has 1 amide bonds. The number of rotatable bonds is 6. The number of amides is 1. The van der Waals surface area contributed by atoms with Crippen molar-refractivity contribution in [2.45, 2.75) is 26.2 Å². The summed E-state index contributed by atoms with van der Waals surface area (Å²) in [7, 11) is 1.57. The summed E-state index contributed by atoms with van der Waals surface area (Å²) in [6.07, 6.45) is 0.552. The van der Waals surface area contributed by atoms with Crippen LogP contribution < -0.4 is 0 Å². The molecule has 0 atom stereocenters. The van der Waals surface area contributed by atoms with E-state index < -0.39 is 5.97 Å². The first-order chi connectivity index (χ1) is 7.99. The summed E-state index contributed by atoms with van der Waals surface area (Å²) in [6.45, 7) is 1.91. The molecule has 0 bridgehead atoms. The molecule has 1 aromatic rings. The molecule has 94 valence electrons. The quantitative estimate of drug-likeness (QED) is 0.766. The monoisotopic (exact) mass is 241 g/mol. The minimum Gasteiger partial charge on any atom is -0.481 e. The molecule has 7 heteroatoms. The predicted octanol–water partition coefficient (Wildman–Crippen LogP) is 0.244. The number of aryl methyl sites for hydroxylation is 2. The number of aromatic nitrogens is 2. The molecule has 0 saturated heterocycles. The van der Waals surface area contributed by atoms with Gasteiger partial charge in [-0.05, 0) is 6.92 Å². The fourth-order valence-electron chi connectivity index (χ4n) is 1.23. The average Bonchev–Trinajstić information content (AvgIpc) is 2.68. The van der Waals surface area contributed by atoms with Gasteiger partial charge in [0.25, 0.3) is 0 Å². The number of aliphatic carboxylic acids is 1. The van der Waals surface area contributed by atoms with Gasteiger partial charge in [0.05, 0.1) is 6.42 Å². The van der Waals surface area contributed by atoms with Crippen molar-refractivity contribution in [3.8, 4) is 0 Å². The lowest BCUT2D eigenvalue weighted by Gasteiger charge is -2.15. The summed E-state index contributed by atoms with van der Waals surface area (Å²) in [6, 6.07) is 0. The van der Waals surface area contributed by atoms with Crippen molar-refractivity contribution in [3.63, 3.8) is 0 Å². The molecule has 0 unspecified atom stereocenters. The van der Waals surface area contributed by atoms with E-state index in [1.165, 1.54) is 4.90 Å². The van der Waals surface area contributed by atoms with E-state index in [9.17, 15) is 9.59 Å². The molecule has 0 aliphatic rings. The van der Waals surface area contributed by atoms with Crippen LogP contribution in [0.1, 0.15) is 24.6 Å². The van der Waals surface area contributed by atoms with Crippen LogP contribution in [-0.4, -0.2) is 45.6 Å². The Morgan fingerprint density at radius 3 is 2.65 bits per heavy atom. The molecule has 0 aromatic carbocycles. The highest BCUT2D eigenvalue weighted by atomic mass is 16.5. The van der Waals surface area contributed by atoms with Gasteiger partial charge >= 0.3 is 5.97 Å². The van der Waals surface area contributed by atoms with Crippen LogP contribution in [-0.2, 0) is 16.0 Å². The van der Waals surface area contributed by atoms with Gasteiger partial charge in [0.1, 0.15) is 0 Å². The molecule has 0 aliphatic carbocycles. The molecule has 0 saturated carbocycles. The minimum atomic E-state index is -0.919. The number of carboxylic acids is 1. The summed E-state index contributed by atoms with van der Waals surface area (Å²) in [4.78, 5) is 27.3. The van der Waals surface area contributed by atoms with Crippen molar-refractivity contribution >= 4 is 11.9 Å². The summed E-state index contributed by atoms with van der Waals surface area (Å²) in [5.74, 6) is -0.103. The zero-order chi connectivity index (χ0) is 12.8. The number of carboxylic acid groups (broad SMARTS) is 1. The van der Waals surface area contributed by atoms with E-state index in [2.05, 4.69) is 10.1 Å². The Labute approximate surface area is 98.4 Å². The first-order valence-electron chi connectivity index (χ1n) is 5.24. The maximum atomic E-state index is 11.6. The molecule has 1 N–H and O–H groups in total. The van der Waals surface area contributed by atoms with Gasteiger partial charge in [0.2, 0.25) is 11.8 Å². The van der Waals surface area contributed by atoms with E-state index in [0.29, 0.717) is 18.1 Å². The van der Waals surface area contributed by atoms with E-state index in [1.807, 2.05) is 0 Å². The molecule has 17 heavy (non-hydrogen) atoms. The average molecular weight is 241 g/mol. The van der Waals surface area contributed by atoms with Crippen molar-refractivity contribution in [1.29, 1.82) is 0 Å². The molecule has 0 aliphatic heterocycles. The van der Waals surface area contributed by atoms with Crippen LogP contribution in [0.3, 0.4) is 0 Å². The van der Waals surface area contributed by atoms with Crippen LogP contribution in [0.4, 0.5) is 0 Å². The summed E-state index contributed by atoms with van der Waals surface area (Å²) < 4.78 is 4.87. The van der Waals surface area contributed by atoms with Crippen molar-refractivity contribution in [3.05, 3.63) is 11.7 Å². The number of carbonyl (C=O) groups excluding carboxylic acids is 1. The van der Waals surface area contributed by atoms with Crippen molar-refractivity contribution in [2.75, 3.05) is 13.6 Å². The maximum absolute atomic E-state index is 11.6. The van der Waals surface area contributed by atoms with Crippen LogP contribution >= 0.6 is 0 Å². The molecule has 0 fully saturated rings. The molecule has 1 rings (SSSR count). The molecule has 0 spiro atoms. The Bertz CT molecular complexity index is 402. The highest BCUT2D eigenvalue weighted by Crippen LogP contribution is 2.02. The van der Waals surface area contributed by atoms with Crippen LogP contribution in [0.2, 0.25) is 0 Å². The Balaban J connectivity index is 2.31. The van der Waals surface area contributed by atoms with Crippen LogP contribution in [0.5, 0.6) is 0 Å². The number of hydrogen-bond donors (Lipinski definition) is 1. The highest BCUT2D eigenvalue weighted by Gasteiger charge is 2.12. The van der Waals surface area contributed by atoms with Gasteiger partial charge in [-0.25, -0.2) is 0 Å². The maximum Gasteiger partial charge on any atom is 0.305 e. The Hall–Kier alpha value is -1.92. The van der Waals surface area contributed by atoms with Crippen molar-refractivity contribution < 1.29 is 19.2 Å². The van der Waals surface area contributed by atoms with Gasteiger partial charge in [0.15, 0.2) is 5.82 Å². The smallest absolute Gasteiger partial charge is 0.305 e. The zero-order valence-electron chi connectivity index (χ0n) is 9.84. The van der Waals surface area contributed by atoms with Gasteiger partial charge < -0.3 is 14.5 Å². The van der Waals surface area contributed by atoms with Crippen LogP contribution in [0.25, 0.3) is 0 Å². The van der Waals surface area contributed by atoms with Crippen molar-refractivity contribution in [2.24, 2.45) is 0 Å². The third-order valence-electron chi connectivity index (χ3n) is 2.21. The normalized spacial score (nSPS) is 10.2. The fourth-order valence-corrected chi connectivity index (χ4v) is 1.23. The number of hydrogen-bond acceptors (Lipinski definition) is 5. The largest absolute Gasteiger partial charge is 0.481 e. The standard InChI is InChI=1S/C10H15N3O4/c1-7-11-8(17-12-7)3-4-9(14)13(2)6-5-10(15)16/h3-6H2,1-2H3,(H,15,16). The Morgan fingerprint density at radius 2 is 2.12 bits per heavy atom. The van der Waals surface area contributed by atoms with E-state index in [1.54, 1.807) is 14.0 Å². The van der Waals surface area contributed by atoms with E-state index in [-0.39, 0.29) is 25.3 Å². The number of nitrogens with zero attached hydrogens (tertiary/aromatic N) is 3. The lowest BCUT2D eigenvalue weighted by molar-refractivity contribution is -0.138. The fraction of sp³-hybridized carbons (Fsp3) is 0.600. The molecule has 7 nitrogen and oxygen atoms in total. The first-order valence-corrected chi connectivity index (χ1v) is 5.24. The van der Waals surface area contributed by atoms with Crippen LogP contribution in [0.15, 0.2) is 4.52 Å². The first kappa shape index (κ1) is 13.1. The van der Waals surface area contributed by atoms with Gasteiger partial charge in [-0.1, -0.05) is 5.16 Å². The van der Waals surface area contributed by atoms with E-state index in [0.717, 1.165) is 0 Å². The molecular weight excluding hydrogens is 226 g/mol. The van der Waals surface area contributed by atoms with Crippen molar-refractivity contribution in [1.82, 2.24) is 15.0 Å². The second-order valence-electron chi connectivity index (χ2n) is 3.69. The highest BCUT2D eigenvalue weighted by molar-refractivity contribution is 5.76. The van der Waals surface area contributed by atoms with E-state index >= 15 is 0 Å². The summed E-state index contributed by atoms with van der Waals surface area (Å²) in [5, 5.41) is 12.1. The molecular formula is C10H15N3O4. The third-order valence-corrected chi connectivity index (χ3v) is 2.21. The Morgan fingerprint density at radius 1 is 1.41 bits per heavy atom. The molecule has 1 heterocycles. The second kappa shape index (κ2) is 5.97. The van der Waals surface area contributed by atoms with E-state index in [4.69, 9.17) is 9.63 Å². The lowest BCUT2D eigenvalue weighted by atomic mass is 10.2. The van der Waals surface area contributed by atoms with Gasteiger partial charge in [-0.2, -0.15) is 4.98 Å². The van der Waals surface area contributed by atoms with Gasteiger partial charge in [0, 0.05) is 26.4 Å². The molecule has 1 aromatic heterocycles. The molecule has 0 radical (unpaired) electrons. The minimum absolute atomic E-state index is 0.0537. The lowest BCUT2D eigenvalue weighted by Crippen LogP contribution is -2.29. The number of carbonyl (C=O) groups is 2. The van der Waals surface area contributed by atoms with Crippen LogP contribution in [0, 0.1) is 6.92 Å². The topological polar surface area (TPSA) is 96.5 Å². The SMILES string of the molecule is Cc1noc(CCC(=O)N(C)CCC(=O)O)n1. The summed E-state index contributed by atoms with van der Waals surface area (Å²) >= 11 is 0. The van der Waals surface area contributed by atoms with Gasteiger partial charge in [-0.3, -0.25) is 9.59 Å². The predicted molar refractivity (Wildman–Crippen MR) is 57.2 cm³/mol. The second-order valence-corrected chi connectivity index (χ2v) is 3.69. The zero-order valence-corrected chi connectivity index (χ0v) is 9.84.